The van der Waals surface area contributed by atoms with Gasteiger partial charge in [-0.2, -0.15) is 0 Å². The highest BCUT2D eigenvalue weighted by atomic mass is 32.2. The normalized spacial score (nSPS) is 12.3. The summed E-state index contributed by atoms with van der Waals surface area (Å²) in [6.45, 7) is 5.09. The van der Waals surface area contributed by atoms with E-state index in [1.54, 1.807) is 18.5 Å². The Morgan fingerprint density at radius 1 is 1.19 bits per heavy atom. The zero-order chi connectivity index (χ0) is 19.4. The van der Waals surface area contributed by atoms with Crippen molar-refractivity contribution in [3.8, 4) is 11.3 Å². The molecule has 0 radical (unpaired) electrons. The number of hydrogen-bond donors (Lipinski definition) is 3. The molecule has 0 aliphatic rings. The van der Waals surface area contributed by atoms with Gasteiger partial charge < -0.3 is 10.3 Å². The van der Waals surface area contributed by atoms with Crippen LogP contribution in [0, 0.1) is 6.92 Å². The van der Waals surface area contributed by atoms with Crippen LogP contribution in [0.5, 0.6) is 0 Å². The summed E-state index contributed by atoms with van der Waals surface area (Å²) in [5.41, 5.74) is 3.54. The fraction of sp³-hybridized carbons (Fsp3) is 0.333. The molecule has 3 rings (SSSR count). The number of H-pyrrole nitrogens is 1. The minimum Gasteiger partial charge on any atom is -0.369 e. The Morgan fingerprint density at radius 3 is 2.59 bits per heavy atom. The number of nitrogens with one attached hydrogen (secondary N) is 2. The van der Waals surface area contributed by atoms with Gasteiger partial charge in [-0.1, -0.05) is 25.5 Å². The largest absolute Gasteiger partial charge is 0.369 e. The summed E-state index contributed by atoms with van der Waals surface area (Å²) in [5, 5.41) is 9.55. The van der Waals surface area contributed by atoms with Crippen molar-refractivity contribution in [2.24, 2.45) is 5.14 Å². The number of benzene rings is 1. The second-order valence-electron chi connectivity index (χ2n) is 6.32. The van der Waals surface area contributed by atoms with Crippen LogP contribution in [0.25, 0.3) is 22.3 Å². The predicted molar refractivity (Wildman–Crippen MR) is 112 cm³/mol. The number of rotatable bonds is 8. The average Bonchev–Trinajstić information content (AvgIpc) is 2.98. The van der Waals surface area contributed by atoms with Crippen LogP contribution in [0.1, 0.15) is 18.9 Å². The van der Waals surface area contributed by atoms with E-state index in [1.165, 1.54) is 24.7 Å². The molecule has 9 heteroatoms. The van der Waals surface area contributed by atoms with E-state index in [0.717, 1.165) is 55.0 Å². The number of fused-ring (bicyclic) bond motifs is 1. The van der Waals surface area contributed by atoms with Crippen molar-refractivity contribution in [1.29, 1.82) is 0 Å². The second kappa shape index (κ2) is 8.33. The van der Waals surface area contributed by atoms with Gasteiger partial charge >= 0.3 is 0 Å². The summed E-state index contributed by atoms with van der Waals surface area (Å²) in [5.74, 6) is 0.822. The Hall–Kier alpha value is -2.02. The number of aromatic amines is 1. The molecule has 1 aromatic carbocycles. The lowest BCUT2D eigenvalue weighted by Crippen LogP contribution is -2.11. The maximum absolute atomic E-state index is 11.4. The highest BCUT2D eigenvalue weighted by molar-refractivity contribution is 7.89. The highest BCUT2D eigenvalue weighted by Crippen LogP contribution is 2.32. The van der Waals surface area contributed by atoms with E-state index >= 15 is 0 Å². The van der Waals surface area contributed by atoms with Gasteiger partial charge in [-0.05, 0) is 42.5 Å². The molecular formula is C18H24N5O2PS. The molecule has 1 atom stereocenters. The van der Waals surface area contributed by atoms with Gasteiger partial charge in [0.25, 0.3) is 0 Å². The maximum Gasteiger partial charge on any atom is 0.238 e. The van der Waals surface area contributed by atoms with Crippen LogP contribution in [-0.4, -0.2) is 42.2 Å². The fourth-order valence-electron chi connectivity index (χ4n) is 2.98. The topological polar surface area (TPSA) is 114 Å². The molecule has 2 aromatic heterocycles. The maximum atomic E-state index is 11.4. The zero-order valence-corrected chi connectivity index (χ0v) is 17.2. The fourth-order valence-corrected chi connectivity index (χ4v) is 4.40. The second-order valence-corrected chi connectivity index (χ2v) is 9.38. The number of sulfonamides is 1. The molecule has 2 heterocycles. The van der Waals surface area contributed by atoms with Crippen molar-refractivity contribution in [1.82, 2.24) is 15.0 Å². The molecular weight excluding hydrogens is 381 g/mol. The van der Waals surface area contributed by atoms with E-state index in [1.807, 2.05) is 6.92 Å². The molecule has 3 aromatic rings. The van der Waals surface area contributed by atoms with E-state index in [9.17, 15) is 8.42 Å². The Balaban J connectivity index is 1.90. The minimum atomic E-state index is -3.70. The molecule has 7 nitrogen and oxygen atoms in total. The lowest BCUT2D eigenvalue weighted by molar-refractivity contribution is 0.598. The summed E-state index contributed by atoms with van der Waals surface area (Å²) in [6.07, 6.45) is 5.16. The van der Waals surface area contributed by atoms with Crippen LogP contribution in [0.3, 0.4) is 0 Å². The van der Waals surface area contributed by atoms with Crippen molar-refractivity contribution in [3.05, 3.63) is 36.2 Å². The lowest BCUT2D eigenvalue weighted by atomic mass is 10.1. The summed E-state index contributed by atoms with van der Waals surface area (Å²) in [4.78, 5) is 12.2. The van der Waals surface area contributed by atoms with Crippen LogP contribution in [-0.2, 0) is 10.0 Å². The molecule has 0 saturated heterocycles. The van der Waals surface area contributed by atoms with Crippen LogP contribution >= 0.6 is 8.58 Å². The van der Waals surface area contributed by atoms with Gasteiger partial charge in [0.1, 0.15) is 17.8 Å². The van der Waals surface area contributed by atoms with Crippen molar-refractivity contribution < 1.29 is 8.42 Å². The van der Waals surface area contributed by atoms with Crippen LogP contribution in [0.4, 0.5) is 5.82 Å². The zero-order valence-electron chi connectivity index (χ0n) is 15.4. The Bertz CT molecular complexity index is 1030. The third kappa shape index (κ3) is 4.46. The molecule has 0 saturated carbocycles. The first-order valence-corrected chi connectivity index (χ1v) is 11.8. The molecule has 0 amide bonds. The molecule has 27 heavy (non-hydrogen) atoms. The van der Waals surface area contributed by atoms with Crippen molar-refractivity contribution >= 4 is 35.5 Å². The van der Waals surface area contributed by atoms with Crippen molar-refractivity contribution in [3.63, 3.8) is 0 Å². The van der Waals surface area contributed by atoms with Gasteiger partial charge in [-0.25, -0.2) is 23.5 Å². The van der Waals surface area contributed by atoms with E-state index in [2.05, 4.69) is 27.2 Å². The number of anilines is 1. The number of nitrogens with zero attached hydrogens (tertiary/aromatic N) is 2. The monoisotopic (exact) mass is 405 g/mol. The predicted octanol–water partition coefficient (Wildman–Crippen LogP) is 3.08. The van der Waals surface area contributed by atoms with Gasteiger partial charge in [0, 0.05) is 6.54 Å². The van der Waals surface area contributed by atoms with Gasteiger partial charge in [0.2, 0.25) is 10.0 Å². The smallest absolute Gasteiger partial charge is 0.238 e. The Labute approximate surface area is 161 Å². The third-order valence-corrected chi connectivity index (χ3v) is 6.72. The first-order valence-electron chi connectivity index (χ1n) is 8.83. The van der Waals surface area contributed by atoms with E-state index in [0.29, 0.717) is 0 Å². The first-order chi connectivity index (χ1) is 12.9. The number of primary sulfonamides is 1. The SMILES string of the molecule is CCCPCCNc1ncnc2[nH]c(-c3ccc(S(N)(=O)=O)cc3)c(C)c12. The van der Waals surface area contributed by atoms with Gasteiger partial charge in [0.05, 0.1) is 16.0 Å². The van der Waals surface area contributed by atoms with Crippen LogP contribution in [0.15, 0.2) is 35.5 Å². The van der Waals surface area contributed by atoms with E-state index in [4.69, 9.17) is 5.14 Å². The number of nitrogens with two attached hydrogens (primary N) is 1. The quantitative estimate of drug-likeness (QED) is 0.394. The van der Waals surface area contributed by atoms with Gasteiger partial charge in [-0.15, -0.1) is 8.58 Å². The Kier molecular flexibility index (Phi) is 6.09. The van der Waals surface area contributed by atoms with E-state index in [-0.39, 0.29) is 4.90 Å². The first kappa shape index (κ1) is 19.7. The van der Waals surface area contributed by atoms with Gasteiger partial charge in [-0.3, -0.25) is 0 Å². The molecule has 4 N–H and O–H groups in total. The van der Waals surface area contributed by atoms with Crippen LogP contribution in [0.2, 0.25) is 0 Å². The standard InChI is InChI=1S/C18H24N5O2PS/c1-3-9-26-10-8-20-17-15-12(2)16(23-18(15)22-11-21-17)13-4-6-14(7-5-13)27(19,24)25/h4-7,11,26H,3,8-10H2,1-2H3,(H2,19,24,25)(H2,20,21,22,23). The summed E-state index contributed by atoms with van der Waals surface area (Å²) in [7, 11) is -2.74. The van der Waals surface area contributed by atoms with Crippen molar-refractivity contribution in [2.45, 2.75) is 25.2 Å². The molecule has 0 spiro atoms. The summed E-state index contributed by atoms with van der Waals surface area (Å²) in [6, 6.07) is 6.50. The summed E-state index contributed by atoms with van der Waals surface area (Å²) < 4.78 is 22.9. The lowest BCUT2D eigenvalue weighted by Gasteiger charge is -2.07. The number of hydrogen-bond acceptors (Lipinski definition) is 5. The molecule has 1 unspecified atom stereocenters. The Morgan fingerprint density at radius 2 is 1.93 bits per heavy atom. The number of aryl methyl sites for hydroxylation is 1. The minimum absolute atomic E-state index is 0.0927. The molecule has 0 fully saturated rings. The molecule has 0 aliphatic heterocycles. The molecule has 144 valence electrons. The van der Waals surface area contributed by atoms with Crippen molar-refractivity contribution in [2.75, 3.05) is 24.2 Å². The third-order valence-electron chi connectivity index (χ3n) is 4.33. The molecule has 0 aliphatic carbocycles. The summed E-state index contributed by atoms with van der Waals surface area (Å²) >= 11 is 0. The van der Waals surface area contributed by atoms with Crippen LogP contribution < -0.4 is 10.5 Å². The number of aromatic nitrogens is 3. The van der Waals surface area contributed by atoms with E-state index < -0.39 is 10.0 Å². The average molecular weight is 405 g/mol. The highest BCUT2D eigenvalue weighted by Gasteiger charge is 2.15. The van der Waals surface area contributed by atoms with Gasteiger partial charge in [0.15, 0.2) is 0 Å². The molecule has 0 bridgehead atoms.